The van der Waals surface area contributed by atoms with Gasteiger partial charge in [0, 0.05) is 50.4 Å². The Morgan fingerprint density at radius 1 is 0.922 bits per heavy atom. The molecule has 16 nitrogen and oxygen atoms in total. The Morgan fingerprint density at radius 3 is 2.23 bits per heavy atom. The lowest BCUT2D eigenvalue weighted by atomic mass is 9.69. The average molecular weight is 903 g/mol. The van der Waals surface area contributed by atoms with Crippen molar-refractivity contribution in [3.05, 3.63) is 47.8 Å². The van der Waals surface area contributed by atoms with E-state index in [2.05, 4.69) is 27.3 Å². The number of hydrogen-bond acceptors (Lipinski definition) is 15. The van der Waals surface area contributed by atoms with Crippen molar-refractivity contribution < 1.29 is 58.4 Å². The lowest BCUT2D eigenvalue weighted by molar-refractivity contribution is -0.313. The van der Waals surface area contributed by atoms with Crippen molar-refractivity contribution in [2.75, 3.05) is 14.2 Å². The molecule has 1 aromatic carbocycles. The van der Waals surface area contributed by atoms with Crippen LogP contribution >= 0.6 is 0 Å². The van der Waals surface area contributed by atoms with Crippen LogP contribution in [0.15, 0.2) is 36.5 Å². The molecule has 3 aliphatic heterocycles. The summed E-state index contributed by atoms with van der Waals surface area (Å²) in [4.78, 5) is 30.6. The van der Waals surface area contributed by atoms with Crippen molar-refractivity contribution in [2.24, 2.45) is 29.1 Å². The number of Topliss-reactive ketones (excluding diaryl/α,β-unsaturated/α-hetero) is 1. The fourth-order valence-corrected chi connectivity index (χ4v) is 10.5. The highest BCUT2D eigenvalue weighted by atomic mass is 16.7. The van der Waals surface area contributed by atoms with Crippen LogP contribution in [0.25, 0.3) is 0 Å². The summed E-state index contributed by atoms with van der Waals surface area (Å²) >= 11 is 0. The molecule has 16 heteroatoms. The molecule has 0 saturated carbocycles. The lowest BCUT2D eigenvalue weighted by Gasteiger charge is -2.49. The molecule has 0 amide bonds. The molecule has 17 atom stereocenters. The van der Waals surface area contributed by atoms with Gasteiger partial charge in [0.25, 0.3) is 0 Å². The van der Waals surface area contributed by atoms with Crippen LogP contribution in [0.4, 0.5) is 0 Å². The van der Waals surface area contributed by atoms with Gasteiger partial charge in [-0.25, -0.2) is 4.68 Å². The van der Waals surface area contributed by atoms with Crippen LogP contribution in [-0.2, 0) is 57.5 Å². The number of ketones is 1. The minimum atomic E-state index is -1.96. The number of carbonyl (C=O) groups is 2. The second-order valence-corrected chi connectivity index (χ2v) is 20.2. The third-order valence-corrected chi connectivity index (χ3v) is 14.6. The SMILES string of the molecule is CC[C@H]1OC(=O)[C@H](C)[C@@H](O[C@H]2C[C@@](C)(OC)[C@@H](O)[C@H](C)O2)[C@H](C)[C@@H](O[C@@H]2O[C@H](C)C[C@H](N(C)Cc3cnnn3CCc3ccccc3)[C@H]2O)C(C)(C)C[C@@H](C)C(=O)[C@H](C)[C@@H](O)[C@]1(C)O. The molecule has 3 saturated heterocycles. The summed E-state index contributed by atoms with van der Waals surface area (Å²) in [5, 5.41) is 55.2. The molecular weight excluding hydrogens is 825 g/mol. The molecule has 0 radical (unpaired) electrons. The Hall–Kier alpha value is -2.90. The number of esters is 1. The number of cyclic esters (lactones) is 1. The molecule has 0 spiro atoms. The number of benzene rings is 1. The number of rotatable bonds is 12. The molecule has 4 N–H and O–H groups in total. The molecule has 64 heavy (non-hydrogen) atoms. The van der Waals surface area contributed by atoms with E-state index in [4.69, 9.17) is 28.4 Å². The Kier molecular flexibility index (Phi) is 17.4. The highest BCUT2D eigenvalue weighted by molar-refractivity contribution is 5.83. The summed E-state index contributed by atoms with van der Waals surface area (Å²) in [7, 11) is 3.46. The summed E-state index contributed by atoms with van der Waals surface area (Å²) in [6, 6.07) is 9.78. The zero-order valence-corrected chi connectivity index (χ0v) is 40.4. The molecule has 1 aromatic heterocycles. The van der Waals surface area contributed by atoms with E-state index < -0.39 is 108 Å². The molecule has 0 aliphatic carbocycles. The van der Waals surface area contributed by atoms with Crippen LogP contribution in [0, 0.1) is 29.1 Å². The van der Waals surface area contributed by atoms with Crippen LogP contribution in [0.2, 0.25) is 0 Å². The Bertz CT molecular complexity index is 1810. The number of aryl methyl sites for hydroxylation is 2. The summed E-state index contributed by atoms with van der Waals surface area (Å²) in [6.07, 6.45) is -6.07. The molecule has 362 valence electrons. The van der Waals surface area contributed by atoms with E-state index in [1.54, 1.807) is 47.7 Å². The molecular formula is C48H78N4O12. The van der Waals surface area contributed by atoms with Gasteiger partial charge in [-0.15, -0.1) is 5.10 Å². The number of carbonyl (C=O) groups excluding carboxylic acids is 2. The van der Waals surface area contributed by atoms with Crippen molar-refractivity contribution in [3.8, 4) is 0 Å². The van der Waals surface area contributed by atoms with Gasteiger partial charge in [-0.2, -0.15) is 0 Å². The van der Waals surface area contributed by atoms with Gasteiger partial charge in [0.05, 0.1) is 53.9 Å². The maximum Gasteiger partial charge on any atom is 0.311 e. The van der Waals surface area contributed by atoms with Gasteiger partial charge in [0.15, 0.2) is 12.6 Å². The van der Waals surface area contributed by atoms with Gasteiger partial charge in [-0.3, -0.25) is 14.5 Å². The predicted octanol–water partition coefficient (Wildman–Crippen LogP) is 4.47. The van der Waals surface area contributed by atoms with Crippen LogP contribution in [0.5, 0.6) is 0 Å². The van der Waals surface area contributed by atoms with Crippen LogP contribution in [0.1, 0.15) is 113 Å². The summed E-state index contributed by atoms with van der Waals surface area (Å²) in [6.45, 7) is 20.6. The van der Waals surface area contributed by atoms with Crippen molar-refractivity contribution in [2.45, 2.75) is 200 Å². The maximum atomic E-state index is 14.4. The second-order valence-electron chi connectivity index (χ2n) is 20.2. The van der Waals surface area contributed by atoms with Crippen molar-refractivity contribution >= 4 is 11.8 Å². The van der Waals surface area contributed by atoms with Crippen LogP contribution < -0.4 is 0 Å². The second kappa shape index (κ2) is 21.4. The number of ether oxygens (including phenoxy) is 6. The van der Waals surface area contributed by atoms with Crippen LogP contribution in [-0.4, -0.2) is 145 Å². The van der Waals surface area contributed by atoms with Crippen LogP contribution in [0.3, 0.4) is 0 Å². The number of aliphatic hydroxyl groups excluding tert-OH is 3. The Balaban J connectivity index is 1.50. The number of methoxy groups -OCH3 is 1. The normalized spacial score (nSPS) is 40.5. The van der Waals surface area contributed by atoms with Gasteiger partial charge in [0.2, 0.25) is 0 Å². The molecule has 2 aromatic rings. The molecule has 0 bridgehead atoms. The number of likely N-dealkylation sites (N-methyl/N-ethyl adjacent to an activating group) is 1. The number of aromatic nitrogens is 3. The molecule has 4 heterocycles. The van der Waals surface area contributed by atoms with Gasteiger partial charge < -0.3 is 48.8 Å². The van der Waals surface area contributed by atoms with E-state index in [-0.39, 0.29) is 31.1 Å². The average Bonchev–Trinajstić information content (AvgIpc) is 3.70. The third kappa shape index (κ3) is 11.6. The topological polar surface area (TPSA) is 204 Å². The standard InChI is InChI=1S/C48H78N4O12/c1-14-36-48(11,58)41(55)29(4)38(53)27(2)23-46(8,9)43(30(5)40(31(6)44(57)62-36)63-37-24-47(10,59-13)42(56)32(7)61-37)64-45-39(54)35(22-28(3)60-45)51(12)26-34-25-49-50-52(34)21-20-33-18-16-15-17-19-33/h15-19,25,27-32,35-37,39-43,45,54-56,58H,14,20-24,26H2,1-13H3/t27-,28-,29+,30+,31-,32+,35+,36-,37+,39-,40+,41-,42+,43-,45+,47-,48-/m1/s1. The van der Waals surface area contributed by atoms with E-state index in [0.717, 1.165) is 12.1 Å². The first-order valence-electron chi connectivity index (χ1n) is 23.2. The first kappa shape index (κ1) is 52.1. The van der Waals surface area contributed by atoms with Gasteiger partial charge in [-0.05, 0) is 78.3 Å². The highest BCUT2D eigenvalue weighted by Gasteiger charge is 2.53. The first-order chi connectivity index (χ1) is 29.9. The Morgan fingerprint density at radius 2 is 1.59 bits per heavy atom. The first-order valence-corrected chi connectivity index (χ1v) is 23.2. The van der Waals surface area contributed by atoms with Crippen molar-refractivity contribution in [1.82, 2.24) is 19.9 Å². The quantitative estimate of drug-likeness (QED) is 0.217. The zero-order chi connectivity index (χ0) is 47.5. The minimum absolute atomic E-state index is 0.132. The maximum absolute atomic E-state index is 14.4. The monoisotopic (exact) mass is 903 g/mol. The summed E-state index contributed by atoms with van der Waals surface area (Å²) in [5.41, 5.74) is -1.77. The molecule has 3 aliphatic rings. The fraction of sp³-hybridized carbons (Fsp3) is 0.792. The molecule has 0 unspecified atom stereocenters. The predicted molar refractivity (Wildman–Crippen MR) is 237 cm³/mol. The van der Waals surface area contributed by atoms with Gasteiger partial charge >= 0.3 is 5.97 Å². The van der Waals surface area contributed by atoms with E-state index in [1.807, 2.05) is 57.6 Å². The van der Waals surface area contributed by atoms with Crippen molar-refractivity contribution in [1.29, 1.82) is 0 Å². The number of nitrogens with zero attached hydrogens (tertiary/aromatic N) is 4. The summed E-state index contributed by atoms with van der Waals surface area (Å²) < 4.78 is 40.3. The zero-order valence-electron chi connectivity index (χ0n) is 40.4. The number of hydrogen-bond donors (Lipinski definition) is 4. The smallest absolute Gasteiger partial charge is 0.311 e. The third-order valence-electron chi connectivity index (χ3n) is 14.6. The largest absolute Gasteiger partial charge is 0.459 e. The van der Waals surface area contributed by atoms with E-state index in [9.17, 15) is 30.0 Å². The number of aliphatic hydroxyl groups is 4. The fourth-order valence-electron chi connectivity index (χ4n) is 10.5. The molecule has 5 rings (SSSR count). The molecule has 3 fully saturated rings. The lowest BCUT2D eigenvalue weighted by Crippen LogP contribution is -2.60. The van der Waals surface area contributed by atoms with E-state index in [0.29, 0.717) is 19.5 Å². The van der Waals surface area contributed by atoms with E-state index in [1.165, 1.54) is 19.6 Å². The van der Waals surface area contributed by atoms with Crippen molar-refractivity contribution in [3.63, 3.8) is 0 Å². The van der Waals surface area contributed by atoms with E-state index >= 15 is 0 Å². The summed E-state index contributed by atoms with van der Waals surface area (Å²) in [5.74, 6) is -4.22. The highest BCUT2D eigenvalue weighted by Crippen LogP contribution is 2.44. The van der Waals surface area contributed by atoms with Gasteiger partial charge in [0.1, 0.15) is 29.7 Å². The minimum Gasteiger partial charge on any atom is -0.459 e. The van der Waals surface area contributed by atoms with Gasteiger partial charge in [-0.1, -0.05) is 77.1 Å². The Labute approximate surface area is 380 Å².